The first-order chi connectivity index (χ1) is 12.0. The Morgan fingerprint density at radius 3 is 2.60 bits per heavy atom. The van der Waals surface area contributed by atoms with Crippen LogP contribution in [-0.4, -0.2) is 24.6 Å². The van der Waals surface area contributed by atoms with Gasteiger partial charge in [-0.1, -0.05) is 35.9 Å². The summed E-state index contributed by atoms with van der Waals surface area (Å²) in [5.74, 6) is -2.72. The highest BCUT2D eigenvalue weighted by Gasteiger charge is 2.32. The number of amides is 2. The molecule has 3 rings (SSSR count). The number of carbonyl (C=O) groups is 2. The zero-order valence-corrected chi connectivity index (χ0v) is 13.5. The molecule has 5 nitrogen and oxygen atoms in total. The van der Waals surface area contributed by atoms with Gasteiger partial charge in [0.2, 0.25) is 0 Å². The SMILES string of the molecule is O=C1NC[C@@H](C(=O)N[C@H](c2ccc(Cl)cc2)c2cccc(F)c2F)O1. The van der Waals surface area contributed by atoms with Crippen LogP contribution in [0.15, 0.2) is 42.5 Å². The minimum absolute atomic E-state index is 0.00361. The van der Waals surface area contributed by atoms with E-state index in [0.717, 1.165) is 6.07 Å². The van der Waals surface area contributed by atoms with Crippen molar-refractivity contribution in [1.29, 1.82) is 0 Å². The van der Waals surface area contributed by atoms with Crippen LogP contribution >= 0.6 is 11.6 Å². The molecule has 25 heavy (non-hydrogen) atoms. The first kappa shape index (κ1) is 17.2. The molecule has 1 heterocycles. The van der Waals surface area contributed by atoms with Gasteiger partial charge in [0, 0.05) is 10.6 Å². The van der Waals surface area contributed by atoms with Gasteiger partial charge in [0.15, 0.2) is 17.7 Å². The van der Waals surface area contributed by atoms with Crippen molar-refractivity contribution in [3.8, 4) is 0 Å². The molecule has 0 aromatic heterocycles. The Balaban J connectivity index is 1.94. The Morgan fingerprint density at radius 1 is 1.24 bits per heavy atom. The van der Waals surface area contributed by atoms with Crippen molar-refractivity contribution in [2.75, 3.05) is 6.54 Å². The number of carbonyl (C=O) groups excluding carboxylic acids is 2. The van der Waals surface area contributed by atoms with Gasteiger partial charge < -0.3 is 15.4 Å². The number of nitrogens with one attached hydrogen (secondary N) is 2. The third-order valence-corrected chi connectivity index (χ3v) is 4.01. The molecular formula is C17H13ClF2N2O3. The molecule has 1 aliphatic heterocycles. The molecule has 1 fully saturated rings. The van der Waals surface area contributed by atoms with Crippen LogP contribution in [0.2, 0.25) is 5.02 Å². The highest BCUT2D eigenvalue weighted by Crippen LogP contribution is 2.27. The molecular weight excluding hydrogens is 354 g/mol. The van der Waals surface area contributed by atoms with E-state index in [0.29, 0.717) is 10.6 Å². The lowest BCUT2D eigenvalue weighted by molar-refractivity contribution is -0.128. The van der Waals surface area contributed by atoms with Crippen molar-refractivity contribution in [3.63, 3.8) is 0 Å². The summed E-state index contributed by atoms with van der Waals surface area (Å²) in [6.45, 7) is 0.00361. The number of hydrogen-bond donors (Lipinski definition) is 2. The van der Waals surface area contributed by atoms with Crippen molar-refractivity contribution in [2.45, 2.75) is 12.1 Å². The fraction of sp³-hybridized carbons (Fsp3) is 0.176. The number of rotatable bonds is 4. The summed E-state index contributed by atoms with van der Waals surface area (Å²) in [7, 11) is 0. The van der Waals surface area contributed by atoms with E-state index in [4.69, 9.17) is 16.3 Å². The molecule has 2 aromatic rings. The van der Waals surface area contributed by atoms with Gasteiger partial charge in [-0.25, -0.2) is 13.6 Å². The van der Waals surface area contributed by atoms with Gasteiger partial charge >= 0.3 is 6.09 Å². The Kier molecular flexibility index (Phi) is 4.85. The van der Waals surface area contributed by atoms with Crippen molar-refractivity contribution < 1.29 is 23.1 Å². The largest absolute Gasteiger partial charge is 0.434 e. The van der Waals surface area contributed by atoms with Crippen LogP contribution < -0.4 is 10.6 Å². The molecule has 130 valence electrons. The molecule has 0 spiro atoms. The fourth-order valence-electron chi connectivity index (χ4n) is 2.51. The van der Waals surface area contributed by atoms with Gasteiger partial charge in [-0.2, -0.15) is 0 Å². The Morgan fingerprint density at radius 2 is 1.96 bits per heavy atom. The van der Waals surface area contributed by atoms with Crippen molar-refractivity contribution in [3.05, 3.63) is 70.2 Å². The maximum atomic E-state index is 14.3. The van der Waals surface area contributed by atoms with E-state index in [1.54, 1.807) is 24.3 Å². The smallest absolute Gasteiger partial charge is 0.408 e. The van der Waals surface area contributed by atoms with Crippen LogP contribution in [0.25, 0.3) is 0 Å². The summed E-state index contributed by atoms with van der Waals surface area (Å²) < 4.78 is 32.7. The fourth-order valence-corrected chi connectivity index (χ4v) is 2.64. The Bertz CT molecular complexity index is 814. The van der Waals surface area contributed by atoms with Crippen LogP contribution in [0.5, 0.6) is 0 Å². The first-order valence-corrected chi connectivity index (χ1v) is 7.77. The van der Waals surface area contributed by atoms with Crippen LogP contribution in [0.4, 0.5) is 13.6 Å². The molecule has 8 heteroatoms. The minimum Gasteiger partial charge on any atom is -0.434 e. The van der Waals surface area contributed by atoms with E-state index < -0.39 is 35.8 Å². The van der Waals surface area contributed by atoms with Crippen molar-refractivity contribution in [1.82, 2.24) is 10.6 Å². The molecule has 1 saturated heterocycles. The van der Waals surface area contributed by atoms with E-state index >= 15 is 0 Å². The second-order valence-electron chi connectivity index (χ2n) is 5.41. The Hall–Kier alpha value is -2.67. The van der Waals surface area contributed by atoms with Gasteiger partial charge in [0.25, 0.3) is 5.91 Å². The van der Waals surface area contributed by atoms with Gasteiger partial charge in [-0.3, -0.25) is 4.79 Å². The molecule has 0 saturated carbocycles. The lowest BCUT2D eigenvalue weighted by Crippen LogP contribution is -2.39. The quantitative estimate of drug-likeness (QED) is 0.874. The molecule has 2 N–H and O–H groups in total. The van der Waals surface area contributed by atoms with Crippen LogP contribution in [0.3, 0.4) is 0 Å². The lowest BCUT2D eigenvalue weighted by Gasteiger charge is -2.22. The number of benzene rings is 2. The monoisotopic (exact) mass is 366 g/mol. The lowest BCUT2D eigenvalue weighted by atomic mass is 9.97. The zero-order chi connectivity index (χ0) is 18.0. The highest BCUT2D eigenvalue weighted by molar-refractivity contribution is 6.30. The van der Waals surface area contributed by atoms with Crippen molar-refractivity contribution >= 4 is 23.6 Å². The van der Waals surface area contributed by atoms with Crippen LogP contribution in [-0.2, 0) is 9.53 Å². The predicted octanol–water partition coefficient (Wildman–Crippen LogP) is 2.93. The van der Waals surface area contributed by atoms with Crippen molar-refractivity contribution in [2.24, 2.45) is 0 Å². The second-order valence-corrected chi connectivity index (χ2v) is 5.85. The summed E-state index contributed by atoms with van der Waals surface area (Å²) in [5.41, 5.74) is 0.451. The Labute approximate surface area is 146 Å². The summed E-state index contributed by atoms with van der Waals surface area (Å²) in [6, 6.07) is 9.07. The van der Waals surface area contributed by atoms with Crippen LogP contribution in [0, 0.1) is 11.6 Å². The van der Waals surface area contributed by atoms with Gasteiger partial charge in [-0.15, -0.1) is 0 Å². The molecule has 0 aliphatic carbocycles. The number of halogens is 3. The number of cyclic esters (lactones) is 1. The number of hydrogen-bond acceptors (Lipinski definition) is 3. The van der Waals surface area contributed by atoms with Gasteiger partial charge in [0.05, 0.1) is 12.6 Å². The van der Waals surface area contributed by atoms with E-state index in [1.807, 2.05) is 0 Å². The summed E-state index contributed by atoms with van der Waals surface area (Å²) in [4.78, 5) is 23.4. The average Bonchev–Trinajstić information content (AvgIpc) is 3.03. The van der Waals surface area contributed by atoms with Crippen LogP contribution in [0.1, 0.15) is 17.2 Å². The summed E-state index contributed by atoms with van der Waals surface area (Å²) in [6.07, 6.45) is -1.75. The third-order valence-electron chi connectivity index (χ3n) is 3.76. The minimum atomic E-state index is -1.07. The molecule has 1 aliphatic rings. The van der Waals surface area contributed by atoms with Gasteiger partial charge in [-0.05, 0) is 23.8 Å². The first-order valence-electron chi connectivity index (χ1n) is 7.40. The molecule has 0 bridgehead atoms. The summed E-state index contributed by atoms with van der Waals surface area (Å²) >= 11 is 5.86. The molecule has 2 aromatic carbocycles. The topological polar surface area (TPSA) is 67.4 Å². The van der Waals surface area contributed by atoms with Gasteiger partial charge in [0.1, 0.15) is 0 Å². The maximum Gasteiger partial charge on any atom is 0.408 e. The molecule has 2 atom stereocenters. The summed E-state index contributed by atoms with van der Waals surface area (Å²) in [5, 5.41) is 5.41. The normalized spacial score (nSPS) is 17.6. The third kappa shape index (κ3) is 3.71. The molecule has 2 amide bonds. The molecule has 0 radical (unpaired) electrons. The van der Waals surface area contributed by atoms with E-state index in [1.165, 1.54) is 12.1 Å². The highest BCUT2D eigenvalue weighted by atomic mass is 35.5. The molecule has 0 unspecified atom stereocenters. The maximum absolute atomic E-state index is 14.3. The standard InChI is InChI=1S/C17H13ClF2N2O3/c18-10-6-4-9(5-7-10)15(11-2-1-3-12(19)14(11)20)22-16(23)13-8-21-17(24)25-13/h1-7,13,15H,8H2,(H,21,24)(H,22,23)/t13-,15+/m0/s1. The zero-order valence-electron chi connectivity index (χ0n) is 12.8. The van der Waals surface area contributed by atoms with E-state index in [9.17, 15) is 18.4 Å². The number of alkyl carbamates (subject to hydrolysis) is 1. The average molecular weight is 367 g/mol. The second kappa shape index (κ2) is 7.06. The predicted molar refractivity (Wildman–Crippen MR) is 86.1 cm³/mol. The number of ether oxygens (including phenoxy) is 1. The van der Waals surface area contributed by atoms with E-state index in [-0.39, 0.29) is 12.1 Å². The van der Waals surface area contributed by atoms with E-state index in [2.05, 4.69) is 10.6 Å².